The van der Waals surface area contributed by atoms with Crippen molar-refractivity contribution in [2.45, 2.75) is 25.7 Å². The van der Waals surface area contributed by atoms with Crippen molar-refractivity contribution in [1.29, 1.82) is 0 Å². The van der Waals surface area contributed by atoms with Gasteiger partial charge < -0.3 is 4.74 Å². The molecule has 4 heteroatoms. The summed E-state index contributed by atoms with van der Waals surface area (Å²) in [6.07, 6.45) is 3.41. The summed E-state index contributed by atoms with van der Waals surface area (Å²) in [5.74, 6) is 0.665. The zero-order valence-electron chi connectivity index (χ0n) is 9.62. The van der Waals surface area contributed by atoms with E-state index in [1.807, 2.05) is 0 Å². The quantitative estimate of drug-likeness (QED) is 0.540. The van der Waals surface area contributed by atoms with Crippen molar-refractivity contribution in [1.82, 2.24) is 0 Å². The first-order valence-electron chi connectivity index (χ1n) is 5.68. The summed E-state index contributed by atoms with van der Waals surface area (Å²) in [5, 5.41) is 0.444. The summed E-state index contributed by atoms with van der Waals surface area (Å²) in [6.45, 7) is 0.605. The van der Waals surface area contributed by atoms with E-state index in [0.29, 0.717) is 24.1 Å². The molecule has 0 aromatic heterocycles. The van der Waals surface area contributed by atoms with Crippen molar-refractivity contribution in [3.05, 3.63) is 30.1 Å². The van der Waals surface area contributed by atoms with E-state index in [-0.39, 0.29) is 11.6 Å². The van der Waals surface area contributed by atoms with Crippen molar-refractivity contribution in [3.63, 3.8) is 0 Å². The lowest BCUT2D eigenvalue weighted by Gasteiger charge is -2.05. The molecular weight excluding hydrogens is 287 g/mol. The van der Waals surface area contributed by atoms with E-state index in [0.717, 1.165) is 19.3 Å². The maximum absolute atomic E-state index is 12.6. The lowest BCUT2D eigenvalue weighted by atomic mass is 10.1. The molecule has 0 amide bonds. The van der Waals surface area contributed by atoms with Crippen LogP contribution in [0.3, 0.4) is 0 Å². The number of hydrogen-bond acceptors (Lipinski definition) is 2. The van der Waals surface area contributed by atoms with Gasteiger partial charge in [0.25, 0.3) is 0 Å². The van der Waals surface area contributed by atoms with Crippen LogP contribution >= 0.6 is 15.9 Å². The Morgan fingerprint density at radius 3 is 2.53 bits per heavy atom. The highest BCUT2D eigenvalue weighted by molar-refractivity contribution is 9.09. The van der Waals surface area contributed by atoms with E-state index in [9.17, 15) is 9.18 Å². The average Bonchev–Trinajstić information content (AvgIpc) is 2.35. The second-order valence-corrected chi connectivity index (χ2v) is 4.35. The number of alkyl halides is 1. The monoisotopic (exact) mass is 302 g/mol. The van der Waals surface area contributed by atoms with Gasteiger partial charge in [0.05, 0.1) is 11.9 Å². The molecule has 0 heterocycles. The van der Waals surface area contributed by atoms with Gasteiger partial charge in [0.1, 0.15) is 17.3 Å². The second-order valence-electron chi connectivity index (χ2n) is 3.79. The van der Waals surface area contributed by atoms with Gasteiger partial charge >= 0.3 is 0 Å². The summed E-state index contributed by atoms with van der Waals surface area (Å²) in [5.41, 5.74) is 0. The van der Waals surface area contributed by atoms with Crippen molar-refractivity contribution >= 4 is 21.7 Å². The molecule has 0 aliphatic heterocycles. The van der Waals surface area contributed by atoms with E-state index in [1.54, 1.807) is 12.1 Å². The molecule has 1 rings (SSSR count). The number of halogens is 2. The molecule has 17 heavy (non-hydrogen) atoms. The Bertz CT molecular complexity index is 338. The molecule has 0 saturated carbocycles. The molecule has 1 aromatic rings. The molecule has 0 bridgehead atoms. The zero-order valence-corrected chi connectivity index (χ0v) is 11.2. The molecule has 94 valence electrons. The molecule has 0 unspecified atom stereocenters. The van der Waals surface area contributed by atoms with Crippen LogP contribution in [0.2, 0.25) is 0 Å². The second kappa shape index (κ2) is 8.23. The number of ketones is 1. The van der Waals surface area contributed by atoms with Crippen LogP contribution in [0, 0.1) is 5.82 Å². The summed E-state index contributed by atoms with van der Waals surface area (Å²) in [4.78, 5) is 11.0. The van der Waals surface area contributed by atoms with Crippen LogP contribution in [0.5, 0.6) is 5.75 Å². The van der Waals surface area contributed by atoms with Gasteiger partial charge in [0.15, 0.2) is 0 Å². The third-order valence-corrected chi connectivity index (χ3v) is 2.96. The van der Waals surface area contributed by atoms with Crippen molar-refractivity contribution in [2.24, 2.45) is 0 Å². The Morgan fingerprint density at radius 1 is 1.18 bits per heavy atom. The largest absolute Gasteiger partial charge is 0.494 e. The van der Waals surface area contributed by atoms with Gasteiger partial charge in [-0.15, -0.1) is 0 Å². The fourth-order valence-corrected chi connectivity index (χ4v) is 1.67. The highest BCUT2D eigenvalue weighted by Gasteiger charge is 1.99. The van der Waals surface area contributed by atoms with Crippen LogP contribution in [0.1, 0.15) is 25.7 Å². The number of hydrogen-bond donors (Lipinski definition) is 0. The highest BCUT2D eigenvalue weighted by atomic mass is 79.9. The molecule has 1 aromatic carbocycles. The molecule has 2 nitrogen and oxygen atoms in total. The Kier molecular flexibility index (Phi) is 6.86. The SMILES string of the molecule is O=C(CBr)CCCCCOc1ccc(F)cc1. The summed E-state index contributed by atoms with van der Waals surface area (Å²) < 4.78 is 18.0. The zero-order chi connectivity index (χ0) is 12.5. The number of unbranched alkanes of at least 4 members (excludes halogenated alkanes) is 2. The maximum Gasteiger partial charge on any atom is 0.143 e. The number of carbonyl (C=O) groups excluding carboxylic acids is 1. The van der Waals surface area contributed by atoms with Gasteiger partial charge in [-0.1, -0.05) is 15.9 Å². The van der Waals surface area contributed by atoms with Crippen LogP contribution < -0.4 is 4.74 Å². The van der Waals surface area contributed by atoms with Gasteiger partial charge in [-0.25, -0.2) is 4.39 Å². The average molecular weight is 303 g/mol. The van der Waals surface area contributed by atoms with Crippen molar-refractivity contribution < 1.29 is 13.9 Å². The van der Waals surface area contributed by atoms with E-state index < -0.39 is 0 Å². The number of ether oxygens (including phenoxy) is 1. The van der Waals surface area contributed by atoms with Crippen LogP contribution in [0.4, 0.5) is 4.39 Å². The van der Waals surface area contributed by atoms with E-state index >= 15 is 0 Å². The summed E-state index contributed by atoms with van der Waals surface area (Å²) in [6, 6.07) is 5.99. The fraction of sp³-hybridized carbons (Fsp3) is 0.462. The fourth-order valence-electron chi connectivity index (χ4n) is 1.39. The predicted octanol–water partition coefficient (Wildman–Crippen LogP) is 3.73. The minimum absolute atomic E-state index is 0.240. The first kappa shape index (κ1) is 14.2. The van der Waals surface area contributed by atoms with Crippen LogP contribution in [-0.4, -0.2) is 17.7 Å². The molecule has 0 saturated heterocycles. The molecule has 0 atom stereocenters. The standard InChI is InChI=1S/C13H16BrFO2/c14-10-12(16)4-2-1-3-9-17-13-7-5-11(15)6-8-13/h5-8H,1-4,9-10H2. The Labute approximate surface area is 109 Å². The number of carbonyl (C=O) groups is 1. The normalized spacial score (nSPS) is 10.2. The molecule has 0 aliphatic rings. The minimum Gasteiger partial charge on any atom is -0.494 e. The molecule has 0 radical (unpaired) electrons. The van der Waals surface area contributed by atoms with E-state index in [2.05, 4.69) is 15.9 Å². The van der Waals surface area contributed by atoms with Crippen molar-refractivity contribution in [2.75, 3.05) is 11.9 Å². The Balaban J connectivity index is 2.04. The third-order valence-electron chi connectivity index (χ3n) is 2.33. The molecule has 0 aliphatic carbocycles. The predicted molar refractivity (Wildman–Crippen MR) is 69.2 cm³/mol. The first-order valence-corrected chi connectivity index (χ1v) is 6.80. The number of Topliss-reactive ketones (excluding diaryl/α,β-unsaturated/α-hetero) is 1. The van der Waals surface area contributed by atoms with E-state index in [4.69, 9.17) is 4.74 Å². The van der Waals surface area contributed by atoms with E-state index in [1.165, 1.54) is 12.1 Å². The Hall–Kier alpha value is -0.900. The molecule has 0 N–H and O–H groups in total. The first-order chi connectivity index (χ1) is 8.22. The van der Waals surface area contributed by atoms with Gasteiger partial charge in [0.2, 0.25) is 0 Å². The summed E-state index contributed by atoms with van der Waals surface area (Å²) >= 11 is 3.13. The smallest absolute Gasteiger partial charge is 0.143 e. The van der Waals surface area contributed by atoms with Crippen LogP contribution in [0.15, 0.2) is 24.3 Å². The van der Waals surface area contributed by atoms with Crippen LogP contribution in [-0.2, 0) is 4.79 Å². The maximum atomic E-state index is 12.6. The molecule has 0 spiro atoms. The third kappa shape index (κ3) is 6.41. The van der Waals surface area contributed by atoms with Crippen molar-refractivity contribution in [3.8, 4) is 5.75 Å². The topological polar surface area (TPSA) is 26.3 Å². The lowest BCUT2D eigenvalue weighted by molar-refractivity contribution is -0.116. The number of rotatable bonds is 8. The van der Waals surface area contributed by atoms with Crippen LogP contribution in [0.25, 0.3) is 0 Å². The highest BCUT2D eigenvalue weighted by Crippen LogP contribution is 2.12. The summed E-state index contributed by atoms with van der Waals surface area (Å²) in [7, 11) is 0. The molecular formula is C13H16BrFO2. The lowest BCUT2D eigenvalue weighted by Crippen LogP contribution is -2.00. The van der Waals surface area contributed by atoms with Gasteiger partial charge in [-0.3, -0.25) is 4.79 Å². The van der Waals surface area contributed by atoms with Gasteiger partial charge in [-0.05, 0) is 43.5 Å². The number of benzene rings is 1. The Morgan fingerprint density at radius 2 is 1.88 bits per heavy atom. The molecule has 0 fully saturated rings. The van der Waals surface area contributed by atoms with Gasteiger partial charge in [-0.2, -0.15) is 0 Å². The minimum atomic E-state index is -0.259. The van der Waals surface area contributed by atoms with Gasteiger partial charge in [0, 0.05) is 6.42 Å².